The normalized spacial score (nSPS) is 12.7. The van der Waals surface area contributed by atoms with Gasteiger partial charge in [-0.2, -0.15) is 0 Å². The molecule has 0 aliphatic heterocycles. The average Bonchev–Trinajstić information content (AvgIpc) is 2.89. The van der Waals surface area contributed by atoms with Gasteiger partial charge in [-0.25, -0.2) is 4.79 Å². The molecule has 6 N–H and O–H groups in total. The Balaban J connectivity index is 2.19. The highest BCUT2D eigenvalue weighted by atomic mass is 16.6. The van der Waals surface area contributed by atoms with Gasteiger partial charge in [-0.15, -0.1) is 0 Å². The summed E-state index contributed by atoms with van der Waals surface area (Å²) in [4.78, 5) is 64.4. The first-order chi connectivity index (χ1) is 19.9. The lowest BCUT2D eigenvalue weighted by Gasteiger charge is -2.27. The number of carbonyl (C=O) groups is 5. The summed E-state index contributed by atoms with van der Waals surface area (Å²) in [6, 6.07) is 12.3. The molecule has 0 aliphatic rings. The number of amides is 3. The summed E-state index contributed by atoms with van der Waals surface area (Å²) >= 11 is 0. The quantitative estimate of drug-likeness (QED) is 0.140. The van der Waals surface area contributed by atoms with Crippen molar-refractivity contribution in [3.05, 3.63) is 71.3 Å². The van der Waals surface area contributed by atoms with Crippen LogP contribution in [0.25, 0.3) is 0 Å². The Labute approximate surface area is 251 Å². The molecule has 43 heavy (non-hydrogen) atoms. The molecule has 12 nitrogen and oxygen atoms in total. The number of benzene rings is 2. The monoisotopic (exact) mass is 595 g/mol. The van der Waals surface area contributed by atoms with Crippen LogP contribution in [0.2, 0.25) is 0 Å². The molecule has 12 heteroatoms. The van der Waals surface area contributed by atoms with Crippen LogP contribution >= 0.6 is 0 Å². The fourth-order valence-electron chi connectivity index (χ4n) is 3.76. The summed E-state index contributed by atoms with van der Waals surface area (Å²) in [5, 5.41) is 15.0. The van der Waals surface area contributed by atoms with Gasteiger partial charge in [-0.05, 0) is 59.2 Å². The standard InChI is InChI=1S/C31H41N5O7/c1-30(2,3)42-25(38)17-22(35-24(37)18-34-27(39)21-14-12-20(13-15-21)26(32)33)28(40)36-23(29(41)43-31(4,5)6)16-19-10-8-7-9-11-19/h7-15,22-23H,16-18H2,1-6H3,(H3,32,33)(H,34,39)(H,35,37)(H,36,40)/t22-,23-/m0/s1. The molecule has 2 aromatic carbocycles. The minimum atomic E-state index is -1.42. The first kappa shape index (κ1) is 34.5. The largest absolute Gasteiger partial charge is 0.460 e. The van der Waals surface area contributed by atoms with Gasteiger partial charge in [0.25, 0.3) is 5.91 Å². The third-order valence-corrected chi connectivity index (χ3v) is 5.60. The van der Waals surface area contributed by atoms with E-state index in [-0.39, 0.29) is 17.8 Å². The molecule has 232 valence electrons. The van der Waals surface area contributed by atoms with Crippen molar-refractivity contribution in [2.75, 3.05) is 6.54 Å². The van der Waals surface area contributed by atoms with Crippen LogP contribution in [0.5, 0.6) is 0 Å². The maximum Gasteiger partial charge on any atom is 0.329 e. The number of ether oxygens (including phenoxy) is 2. The van der Waals surface area contributed by atoms with Crippen LogP contribution in [0.1, 0.15) is 69.4 Å². The Morgan fingerprint density at radius 2 is 1.35 bits per heavy atom. The fourth-order valence-corrected chi connectivity index (χ4v) is 3.76. The number of esters is 2. The lowest BCUT2D eigenvalue weighted by Crippen LogP contribution is -2.55. The van der Waals surface area contributed by atoms with E-state index in [1.165, 1.54) is 24.3 Å². The molecule has 0 spiro atoms. The maximum atomic E-state index is 13.4. The third kappa shape index (κ3) is 12.8. The molecule has 2 aromatic rings. The highest BCUT2D eigenvalue weighted by Crippen LogP contribution is 2.13. The lowest BCUT2D eigenvalue weighted by molar-refractivity contribution is -0.159. The van der Waals surface area contributed by atoms with Gasteiger partial charge in [-0.3, -0.25) is 24.6 Å². The van der Waals surface area contributed by atoms with E-state index in [9.17, 15) is 24.0 Å². The molecule has 0 heterocycles. The second-order valence-corrected chi connectivity index (χ2v) is 11.9. The van der Waals surface area contributed by atoms with Gasteiger partial charge in [0.15, 0.2) is 0 Å². The molecule has 0 saturated carbocycles. The van der Waals surface area contributed by atoms with Gasteiger partial charge in [-0.1, -0.05) is 42.5 Å². The predicted molar refractivity (Wildman–Crippen MR) is 160 cm³/mol. The number of hydrogen-bond acceptors (Lipinski definition) is 8. The number of rotatable bonds is 12. The van der Waals surface area contributed by atoms with E-state index in [1.807, 2.05) is 6.07 Å². The summed E-state index contributed by atoms with van der Waals surface area (Å²) in [5.74, 6) is -3.73. The molecule has 0 unspecified atom stereocenters. The Morgan fingerprint density at radius 1 is 0.791 bits per heavy atom. The lowest BCUT2D eigenvalue weighted by atomic mass is 10.0. The van der Waals surface area contributed by atoms with Crippen molar-refractivity contribution < 1.29 is 33.4 Å². The Bertz CT molecular complexity index is 1310. The molecule has 2 rings (SSSR count). The number of hydrogen-bond donors (Lipinski definition) is 5. The van der Waals surface area contributed by atoms with Crippen molar-refractivity contribution in [1.82, 2.24) is 16.0 Å². The highest BCUT2D eigenvalue weighted by molar-refractivity contribution is 6.00. The van der Waals surface area contributed by atoms with Crippen LogP contribution < -0.4 is 21.7 Å². The van der Waals surface area contributed by atoms with Crippen LogP contribution in [0, 0.1) is 5.41 Å². The molecular formula is C31H41N5O7. The molecule has 0 fully saturated rings. The fraction of sp³-hybridized carbons (Fsp3) is 0.419. The zero-order valence-electron chi connectivity index (χ0n) is 25.4. The van der Waals surface area contributed by atoms with Crippen molar-refractivity contribution in [3.63, 3.8) is 0 Å². The van der Waals surface area contributed by atoms with E-state index in [0.717, 1.165) is 5.56 Å². The summed E-state index contributed by atoms with van der Waals surface area (Å²) in [5.41, 5.74) is 5.16. The van der Waals surface area contributed by atoms with Gasteiger partial charge < -0.3 is 31.2 Å². The van der Waals surface area contributed by atoms with Crippen LogP contribution in [0.4, 0.5) is 0 Å². The molecule has 0 aromatic heterocycles. The van der Waals surface area contributed by atoms with E-state index < -0.39 is 65.9 Å². The van der Waals surface area contributed by atoms with Crippen molar-refractivity contribution in [1.29, 1.82) is 5.41 Å². The van der Waals surface area contributed by atoms with Crippen molar-refractivity contribution in [3.8, 4) is 0 Å². The average molecular weight is 596 g/mol. The molecule has 0 radical (unpaired) electrons. The summed E-state index contributed by atoms with van der Waals surface area (Å²) < 4.78 is 10.9. The van der Waals surface area contributed by atoms with E-state index in [4.69, 9.17) is 20.6 Å². The Morgan fingerprint density at radius 3 is 1.88 bits per heavy atom. The topological polar surface area (TPSA) is 190 Å². The van der Waals surface area contributed by atoms with Gasteiger partial charge >= 0.3 is 11.9 Å². The predicted octanol–water partition coefficient (Wildman–Crippen LogP) is 1.99. The van der Waals surface area contributed by atoms with E-state index >= 15 is 0 Å². The van der Waals surface area contributed by atoms with Gasteiger partial charge in [0.1, 0.15) is 29.1 Å². The van der Waals surface area contributed by atoms with Gasteiger partial charge in [0.2, 0.25) is 11.8 Å². The number of amidine groups is 1. The first-order valence-electron chi connectivity index (χ1n) is 13.7. The minimum Gasteiger partial charge on any atom is -0.460 e. The van der Waals surface area contributed by atoms with E-state index in [1.54, 1.807) is 65.8 Å². The molecule has 2 atom stereocenters. The highest BCUT2D eigenvalue weighted by Gasteiger charge is 2.32. The van der Waals surface area contributed by atoms with Crippen molar-refractivity contribution in [2.45, 2.75) is 77.7 Å². The summed E-state index contributed by atoms with van der Waals surface area (Å²) in [6.07, 6.45) is -0.422. The second kappa shape index (κ2) is 14.9. The SMILES string of the molecule is CC(C)(C)OC(=O)C[C@H](NC(=O)CNC(=O)c1ccc(C(=N)N)cc1)C(=O)N[C@@H](Cc1ccccc1)C(=O)OC(C)(C)C. The third-order valence-electron chi connectivity index (χ3n) is 5.60. The van der Waals surface area contributed by atoms with Crippen molar-refractivity contribution in [2.24, 2.45) is 5.73 Å². The number of nitrogen functional groups attached to an aromatic ring is 1. The molecular weight excluding hydrogens is 554 g/mol. The van der Waals surface area contributed by atoms with Crippen LogP contribution in [-0.2, 0) is 35.1 Å². The van der Waals surface area contributed by atoms with Crippen LogP contribution in [0.15, 0.2) is 54.6 Å². The minimum absolute atomic E-state index is 0.104. The summed E-state index contributed by atoms with van der Waals surface area (Å²) in [7, 11) is 0. The zero-order valence-corrected chi connectivity index (χ0v) is 25.4. The number of nitrogens with two attached hydrogens (primary N) is 1. The van der Waals surface area contributed by atoms with Gasteiger partial charge in [0, 0.05) is 17.5 Å². The smallest absolute Gasteiger partial charge is 0.329 e. The summed E-state index contributed by atoms with van der Waals surface area (Å²) in [6.45, 7) is 9.57. The van der Waals surface area contributed by atoms with E-state index in [0.29, 0.717) is 5.56 Å². The van der Waals surface area contributed by atoms with Crippen molar-refractivity contribution >= 4 is 35.5 Å². The van der Waals surface area contributed by atoms with Gasteiger partial charge in [0.05, 0.1) is 13.0 Å². The maximum absolute atomic E-state index is 13.4. The van der Waals surface area contributed by atoms with Crippen LogP contribution in [0.3, 0.4) is 0 Å². The molecule has 3 amide bonds. The molecule has 0 saturated heterocycles. The number of carbonyl (C=O) groups excluding carboxylic acids is 5. The first-order valence-corrected chi connectivity index (χ1v) is 13.7. The van der Waals surface area contributed by atoms with E-state index in [2.05, 4.69) is 16.0 Å². The second-order valence-electron chi connectivity index (χ2n) is 11.9. The zero-order chi connectivity index (χ0) is 32.4. The Kier molecular flexibility index (Phi) is 12.0. The molecule has 0 aliphatic carbocycles. The molecule has 0 bridgehead atoms. The number of nitrogens with one attached hydrogen (secondary N) is 4. The van der Waals surface area contributed by atoms with Crippen LogP contribution in [-0.4, -0.2) is 65.3 Å². The Hall–Kier alpha value is -4.74.